The molecule has 3 fully saturated rings. The number of nitrogens with zero attached hydrogens (tertiary/aromatic N) is 2. The Morgan fingerprint density at radius 3 is 2.57 bits per heavy atom. The maximum atomic E-state index is 14.6. The van der Waals surface area contributed by atoms with Crippen LogP contribution in [0.3, 0.4) is 0 Å². The van der Waals surface area contributed by atoms with Crippen LogP contribution in [0.4, 0.5) is 19.0 Å². The third-order valence-electron chi connectivity index (χ3n) is 6.49. The lowest BCUT2D eigenvalue weighted by molar-refractivity contribution is -0.148. The van der Waals surface area contributed by atoms with Gasteiger partial charge in [0.1, 0.15) is 17.2 Å². The quantitative estimate of drug-likeness (QED) is 0.589. The largest absolute Gasteiger partial charge is 0.481 e. The fourth-order valence-electron chi connectivity index (χ4n) is 5.10. The number of hydrogen-bond acceptors (Lipinski definition) is 4. The van der Waals surface area contributed by atoms with E-state index in [4.69, 9.17) is 0 Å². The highest BCUT2D eigenvalue weighted by molar-refractivity contribution is 5.92. The molecule has 0 aromatic carbocycles. The smallest absolute Gasteiger partial charge is 0.308 e. The third kappa shape index (κ3) is 3.00. The van der Waals surface area contributed by atoms with Crippen molar-refractivity contribution in [2.45, 2.75) is 31.7 Å². The summed E-state index contributed by atoms with van der Waals surface area (Å²) in [5, 5.41) is 13.0. The van der Waals surface area contributed by atoms with Crippen molar-refractivity contribution in [1.29, 1.82) is 0 Å². The van der Waals surface area contributed by atoms with E-state index in [1.165, 1.54) is 12.3 Å². The summed E-state index contributed by atoms with van der Waals surface area (Å²) in [6, 6.07) is 1.44. The minimum atomic E-state index is -0.914. The van der Waals surface area contributed by atoms with Crippen molar-refractivity contribution in [2.24, 2.45) is 17.8 Å². The van der Waals surface area contributed by atoms with E-state index in [2.05, 4.69) is 20.3 Å². The second-order valence-corrected chi connectivity index (χ2v) is 8.11. The molecule has 6 nitrogen and oxygen atoms in total. The van der Waals surface area contributed by atoms with Crippen LogP contribution in [0.2, 0.25) is 0 Å². The highest BCUT2D eigenvalue weighted by atomic mass is 19.1. The Morgan fingerprint density at radius 1 is 1.10 bits per heavy atom. The summed E-state index contributed by atoms with van der Waals surface area (Å²) in [5.74, 6) is -4.01. The van der Waals surface area contributed by atoms with E-state index in [0.29, 0.717) is 17.1 Å². The van der Waals surface area contributed by atoms with Gasteiger partial charge in [-0.3, -0.25) is 4.79 Å². The van der Waals surface area contributed by atoms with E-state index in [0.717, 1.165) is 31.9 Å². The molecule has 0 aliphatic heterocycles. The van der Waals surface area contributed by atoms with Gasteiger partial charge in [-0.05, 0) is 43.6 Å². The Labute approximate surface area is 169 Å². The zero-order valence-electron chi connectivity index (χ0n) is 15.8. The molecular formula is C21H19F3N4O2. The molecule has 3 aliphatic carbocycles. The first kappa shape index (κ1) is 18.9. The van der Waals surface area contributed by atoms with Crippen LogP contribution in [0.5, 0.6) is 0 Å². The topological polar surface area (TPSA) is 90.9 Å². The van der Waals surface area contributed by atoms with Crippen molar-refractivity contribution in [3.63, 3.8) is 0 Å². The molecule has 3 aromatic rings. The number of aromatic nitrogens is 3. The minimum absolute atomic E-state index is 0.0376. The molecule has 0 saturated heterocycles. The number of aromatic amines is 1. The number of aliphatic carboxylic acids is 1. The minimum Gasteiger partial charge on any atom is -0.481 e. The average molecular weight is 416 g/mol. The molecule has 3 aromatic heterocycles. The molecule has 3 N–H and O–H groups in total. The van der Waals surface area contributed by atoms with Gasteiger partial charge in [0, 0.05) is 29.3 Å². The molecule has 2 bridgehead atoms. The highest BCUT2D eigenvalue weighted by Gasteiger charge is 2.47. The van der Waals surface area contributed by atoms with Gasteiger partial charge in [-0.15, -0.1) is 0 Å². The number of carbonyl (C=O) groups is 1. The van der Waals surface area contributed by atoms with E-state index in [-0.39, 0.29) is 28.9 Å². The predicted octanol–water partition coefficient (Wildman–Crippen LogP) is 4.34. The second kappa shape index (κ2) is 7.00. The number of nitrogens with one attached hydrogen (secondary N) is 2. The summed E-state index contributed by atoms with van der Waals surface area (Å²) in [7, 11) is 0. The number of hydrogen-bond donors (Lipinski definition) is 3. The number of halogens is 3. The van der Waals surface area contributed by atoms with E-state index in [1.54, 1.807) is 0 Å². The van der Waals surface area contributed by atoms with Gasteiger partial charge in [0.25, 0.3) is 0 Å². The van der Waals surface area contributed by atoms with E-state index in [1.807, 2.05) is 0 Å². The van der Waals surface area contributed by atoms with Gasteiger partial charge in [-0.1, -0.05) is 0 Å². The molecule has 3 saturated carbocycles. The first-order valence-electron chi connectivity index (χ1n) is 9.90. The van der Waals surface area contributed by atoms with E-state index < -0.39 is 35.4 Å². The van der Waals surface area contributed by atoms with Crippen LogP contribution in [0, 0.1) is 35.2 Å². The third-order valence-corrected chi connectivity index (χ3v) is 6.49. The summed E-state index contributed by atoms with van der Waals surface area (Å²) < 4.78 is 42.8. The zero-order valence-corrected chi connectivity index (χ0v) is 15.8. The van der Waals surface area contributed by atoms with Gasteiger partial charge in [0.05, 0.1) is 12.1 Å². The zero-order chi connectivity index (χ0) is 21.0. The van der Waals surface area contributed by atoms with Crippen molar-refractivity contribution in [2.75, 3.05) is 5.32 Å². The summed E-state index contributed by atoms with van der Waals surface area (Å²) in [4.78, 5) is 22.7. The predicted molar refractivity (Wildman–Crippen MR) is 103 cm³/mol. The SMILES string of the molecule is O=C(O)C1C2CCC(CC2)C1Nc1nc(-c2c[nH]c3ncc(F)cc23)c(F)cc1F. The summed E-state index contributed by atoms with van der Waals surface area (Å²) in [6.07, 6.45) is 5.90. The molecule has 0 radical (unpaired) electrons. The van der Waals surface area contributed by atoms with Crippen molar-refractivity contribution in [1.82, 2.24) is 15.0 Å². The Hall–Kier alpha value is -3.10. The van der Waals surface area contributed by atoms with Gasteiger partial charge in [-0.25, -0.2) is 23.1 Å². The number of carboxylic acid groups (broad SMARTS) is 1. The van der Waals surface area contributed by atoms with E-state index >= 15 is 0 Å². The number of anilines is 1. The Morgan fingerprint density at radius 2 is 1.83 bits per heavy atom. The van der Waals surface area contributed by atoms with E-state index in [9.17, 15) is 23.1 Å². The van der Waals surface area contributed by atoms with Crippen molar-refractivity contribution < 1.29 is 23.1 Å². The first-order valence-corrected chi connectivity index (χ1v) is 9.90. The summed E-state index contributed by atoms with van der Waals surface area (Å²) in [6.45, 7) is 0. The van der Waals surface area contributed by atoms with Gasteiger partial charge < -0.3 is 15.4 Å². The van der Waals surface area contributed by atoms with Gasteiger partial charge in [-0.2, -0.15) is 0 Å². The number of rotatable bonds is 4. The average Bonchev–Trinajstić information content (AvgIpc) is 3.13. The van der Waals surface area contributed by atoms with Crippen LogP contribution < -0.4 is 5.32 Å². The lowest BCUT2D eigenvalue weighted by Gasteiger charge is -2.47. The molecule has 156 valence electrons. The normalized spacial score (nSPS) is 25.6. The van der Waals surface area contributed by atoms with Crippen molar-refractivity contribution >= 4 is 22.8 Å². The molecule has 3 heterocycles. The molecule has 0 spiro atoms. The van der Waals surface area contributed by atoms with Gasteiger partial charge >= 0.3 is 5.97 Å². The van der Waals surface area contributed by atoms with Crippen LogP contribution in [0.1, 0.15) is 25.7 Å². The number of fused-ring (bicyclic) bond motifs is 4. The molecule has 6 rings (SSSR count). The second-order valence-electron chi connectivity index (χ2n) is 8.11. The van der Waals surface area contributed by atoms with Crippen LogP contribution in [-0.2, 0) is 4.79 Å². The molecule has 3 aliphatic rings. The lowest BCUT2D eigenvalue weighted by atomic mass is 9.61. The fraction of sp³-hybridized carbons (Fsp3) is 0.381. The van der Waals surface area contributed by atoms with Crippen LogP contribution in [-0.4, -0.2) is 32.1 Å². The molecule has 0 amide bonds. The van der Waals surface area contributed by atoms with Gasteiger partial charge in [0.15, 0.2) is 17.5 Å². The van der Waals surface area contributed by atoms with Crippen LogP contribution >= 0.6 is 0 Å². The summed E-state index contributed by atoms with van der Waals surface area (Å²) >= 11 is 0. The fourth-order valence-corrected chi connectivity index (χ4v) is 5.10. The monoisotopic (exact) mass is 416 g/mol. The maximum Gasteiger partial charge on any atom is 0.308 e. The highest BCUT2D eigenvalue weighted by Crippen LogP contribution is 2.46. The van der Waals surface area contributed by atoms with Gasteiger partial charge in [0.2, 0.25) is 0 Å². The number of pyridine rings is 2. The molecular weight excluding hydrogens is 397 g/mol. The first-order chi connectivity index (χ1) is 14.4. The molecule has 9 heteroatoms. The molecule has 30 heavy (non-hydrogen) atoms. The van der Waals surface area contributed by atoms with Crippen LogP contribution in [0.25, 0.3) is 22.3 Å². The molecule has 2 unspecified atom stereocenters. The Bertz CT molecular complexity index is 1140. The molecule has 2 atom stereocenters. The standard InChI is InChI=1S/C21H19F3N4O2/c22-11-5-12-13(8-26-19(12)25-7-11)18-14(23)6-15(24)20(28-18)27-17-10-3-1-9(2-4-10)16(17)21(29)30/h5-10,16-17H,1-4H2,(H,25,26)(H,27,28)(H,29,30). The van der Waals surface area contributed by atoms with Crippen molar-refractivity contribution in [3.8, 4) is 11.3 Å². The van der Waals surface area contributed by atoms with Crippen molar-refractivity contribution in [3.05, 3.63) is 42.0 Å². The Kier molecular flexibility index (Phi) is 4.41. The maximum absolute atomic E-state index is 14.6. The number of H-pyrrole nitrogens is 1. The Balaban J connectivity index is 1.55. The van der Waals surface area contributed by atoms with Crippen LogP contribution in [0.15, 0.2) is 24.5 Å². The number of carboxylic acids is 1. The lowest BCUT2D eigenvalue weighted by Crippen LogP contribution is -2.51. The summed E-state index contributed by atoms with van der Waals surface area (Å²) in [5.41, 5.74) is 0.435.